The van der Waals surface area contributed by atoms with Gasteiger partial charge in [-0.15, -0.1) is 0 Å². The van der Waals surface area contributed by atoms with Gasteiger partial charge in [-0.3, -0.25) is 0 Å². The minimum atomic E-state index is 0. The molecule has 9 nitrogen and oxygen atoms in total. The summed E-state index contributed by atoms with van der Waals surface area (Å²) in [6, 6.07) is 0. The molecule has 0 aromatic rings. The quantitative estimate of drug-likeness (QED) is 0.413. The van der Waals surface area contributed by atoms with Gasteiger partial charge in [-0.2, -0.15) is 0 Å². The van der Waals surface area contributed by atoms with E-state index >= 15 is 0 Å². The van der Waals surface area contributed by atoms with Crippen molar-refractivity contribution < 1.29 is 91.4 Å². The Morgan fingerprint density at radius 3 is 0.231 bits per heavy atom. The van der Waals surface area contributed by atoms with Crippen molar-refractivity contribution in [1.82, 2.24) is 0 Å². The predicted octanol–water partition coefficient (Wildman–Crippen LogP) is -1.84. The Morgan fingerprint density at radius 1 is 0.231 bits per heavy atom. The molecule has 0 aliphatic heterocycles. The molecule has 84 valence electrons. The Labute approximate surface area is 125 Å². The van der Waals surface area contributed by atoms with Crippen molar-refractivity contribution >= 4 is 34.7 Å². The second-order valence-electron chi connectivity index (χ2n) is 0. The number of hydrogen-bond acceptors (Lipinski definition) is 0. The molecular weight excluding hydrogens is 390 g/mol. The van der Waals surface area contributed by atoms with Crippen LogP contribution >= 0.6 is 0 Å². The van der Waals surface area contributed by atoms with E-state index in [1.165, 1.54) is 0 Å². The van der Waals surface area contributed by atoms with Crippen molar-refractivity contribution in [3.05, 3.63) is 0 Å². The minimum absolute atomic E-state index is 0. The first kappa shape index (κ1) is 690. The van der Waals surface area contributed by atoms with Crippen molar-refractivity contribution in [2.75, 3.05) is 0 Å². The number of rotatable bonds is 0. The molecule has 0 amide bonds. The summed E-state index contributed by atoms with van der Waals surface area (Å²) in [5.74, 6) is 0. The molecule has 0 spiro atoms. The monoisotopic (exact) mass is 394 g/mol. The van der Waals surface area contributed by atoms with Crippen LogP contribution in [0.1, 0.15) is 0 Å². The second kappa shape index (κ2) is 556. The molecule has 0 aliphatic rings. The zero-order chi connectivity index (χ0) is 0. The topological polar surface area (TPSA) is 256 Å². The fourth-order valence-electron chi connectivity index (χ4n) is 0. The number of hydrogen-bond donors (Lipinski definition) is 0. The molecule has 0 atom stereocenters. The Kier molecular flexibility index (Phi) is 29500. The fourth-order valence-corrected chi connectivity index (χ4v) is 0. The van der Waals surface area contributed by atoms with Gasteiger partial charge in [0.1, 0.15) is 0 Å². The third-order valence-corrected chi connectivity index (χ3v) is 0. The molecule has 0 aromatic carbocycles. The molecule has 13 heavy (non-hydrogen) atoms. The van der Waals surface area contributed by atoms with E-state index in [1.54, 1.807) is 0 Å². The molecule has 0 rings (SSSR count). The summed E-state index contributed by atoms with van der Waals surface area (Å²) in [6.45, 7) is 0. The maximum absolute atomic E-state index is 0. The van der Waals surface area contributed by atoms with E-state index in [0.717, 1.165) is 0 Å². The summed E-state index contributed by atoms with van der Waals surface area (Å²) in [4.78, 5) is 0. The van der Waals surface area contributed by atoms with Crippen molar-refractivity contribution in [3.8, 4) is 0 Å². The van der Waals surface area contributed by atoms with Gasteiger partial charge < -0.3 is 49.3 Å². The predicted molar refractivity (Wildman–Crippen MR) is 17.7 cm³/mol. The van der Waals surface area contributed by atoms with Crippen LogP contribution in [0.3, 0.4) is 0 Å². The van der Waals surface area contributed by atoms with Gasteiger partial charge in [0.15, 0.2) is 0 Å². The van der Waals surface area contributed by atoms with E-state index < -0.39 is 0 Å². The van der Waals surface area contributed by atoms with Crippen LogP contribution in [0, 0.1) is 0 Å². The average molecular weight is 390 g/mol. The van der Waals surface area contributed by atoms with Crippen molar-refractivity contribution in [2.45, 2.75) is 0 Å². The molecule has 0 saturated heterocycles. The Bertz CT molecular complexity index is 15.6. The third-order valence-electron chi connectivity index (χ3n) is 0. The van der Waals surface area contributed by atoms with E-state index in [-0.39, 0.29) is 126 Å². The van der Waals surface area contributed by atoms with Gasteiger partial charge >= 0.3 is 34.7 Å². The molecule has 13 heteroatoms. The molecule has 0 unspecified atom stereocenters. The Hall–Kier alpha value is 2.08. The van der Waals surface area contributed by atoms with E-state index in [0.29, 0.717) is 0 Å². The van der Waals surface area contributed by atoms with Gasteiger partial charge in [-0.25, -0.2) is 0 Å². The van der Waals surface area contributed by atoms with Gasteiger partial charge in [-0.05, 0) is 0 Å². The molecule has 0 saturated carbocycles. The van der Waals surface area contributed by atoms with Crippen LogP contribution in [0.15, 0.2) is 0 Å². The molecule has 0 radical (unpaired) electrons. The Balaban J connectivity index is 0. The maximum Gasteiger partial charge on any atom is 3.00 e. The first-order valence-corrected chi connectivity index (χ1v) is 0. The van der Waals surface area contributed by atoms with Gasteiger partial charge in [-0.1, -0.05) is 0 Å². The summed E-state index contributed by atoms with van der Waals surface area (Å²) in [5, 5.41) is 0. The standard InChI is InChI=1S/2Al.2Mo.9O/q2*+3;;;9*-2. The van der Waals surface area contributed by atoms with Gasteiger partial charge in [0.2, 0.25) is 0 Å². The zero-order valence-electron chi connectivity index (χ0n) is 5.65. The van der Waals surface area contributed by atoms with Gasteiger partial charge in [0, 0.05) is 42.1 Å². The summed E-state index contributed by atoms with van der Waals surface area (Å²) < 4.78 is 0. The largest absolute Gasteiger partial charge is 3.00 e. The smallest absolute Gasteiger partial charge is 2.00 e. The summed E-state index contributed by atoms with van der Waals surface area (Å²) in [6.07, 6.45) is 0. The molecule has 0 aliphatic carbocycles. The zero-order valence-corrected chi connectivity index (χ0v) is 12.0. The minimum Gasteiger partial charge on any atom is -2.00 e. The summed E-state index contributed by atoms with van der Waals surface area (Å²) in [7, 11) is 0. The van der Waals surface area contributed by atoms with Crippen LogP contribution in [-0.4, -0.2) is 34.7 Å². The van der Waals surface area contributed by atoms with Crippen LogP contribution in [0.4, 0.5) is 0 Å². The van der Waals surface area contributed by atoms with Crippen molar-refractivity contribution in [3.63, 3.8) is 0 Å². The van der Waals surface area contributed by atoms with Gasteiger partial charge in [0.05, 0.1) is 0 Å². The summed E-state index contributed by atoms with van der Waals surface area (Å²) in [5.41, 5.74) is 0. The Morgan fingerprint density at radius 2 is 0.231 bits per heavy atom. The average Bonchev–Trinajstić information content (AvgIpc) is 0. The molecule has 0 N–H and O–H groups in total. The van der Waals surface area contributed by atoms with Crippen LogP contribution in [0.2, 0.25) is 0 Å². The first-order valence-electron chi connectivity index (χ1n) is 0. The SMILES string of the molecule is [Al+3].[Al+3].[Mo].[Mo].[O-2].[O-2].[O-2].[O-2].[O-2].[O-2].[O-2].[O-2].[O-2]. The first-order chi connectivity index (χ1) is 0. The molecule has 0 bridgehead atoms. The van der Waals surface area contributed by atoms with Gasteiger partial charge in [0.25, 0.3) is 0 Å². The van der Waals surface area contributed by atoms with Crippen LogP contribution in [0.25, 0.3) is 0 Å². The van der Waals surface area contributed by atoms with Crippen molar-refractivity contribution in [1.29, 1.82) is 0 Å². The van der Waals surface area contributed by atoms with E-state index in [2.05, 4.69) is 0 Å². The molecule has 0 heterocycles. The third kappa shape index (κ3) is 474. The van der Waals surface area contributed by atoms with Crippen LogP contribution < -0.4 is 0 Å². The summed E-state index contributed by atoms with van der Waals surface area (Å²) >= 11 is 0. The second-order valence-corrected chi connectivity index (χ2v) is 0. The van der Waals surface area contributed by atoms with E-state index in [9.17, 15) is 0 Å². The van der Waals surface area contributed by atoms with Crippen molar-refractivity contribution in [2.24, 2.45) is 0 Å². The molecule has 0 aromatic heterocycles. The van der Waals surface area contributed by atoms with Crippen LogP contribution in [-0.2, 0) is 91.4 Å². The molecule has 0 fully saturated rings. The fraction of sp³-hybridized carbons (Fsp3) is 0. The van der Waals surface area contributed by atoms with E-state index in [1.807, 2.05) is 0 Å². The normalized spacial score (nSPS) is 0. The molecular formula is Al2Mo2O9-12. The van der Waals surface area contributed by atoms with E-state index in [4.69, 9.17) is 0 Å². The maximum atomic E-state index is 0. The van der Waals surface area contributed by atoms with Crippen LogP contribution in [0.5, 0.6) is 0 Å².